The first-order valence-electron chi connectivity index (χ1n) is 5.73. The van der Waals surface area contributed by atoms with Gasteiger partial charge in [-0.25, -0.2) is 0 Å². The molecule has 0 aromatic carbocycles. The molecule has 0 aliphatic heterocycles. The zero-order valence-electron chi connectivity index (χ0n) is 9.98. The van der Waals surface area contributed by atoms with Crippen LogP contribution in [0.2, 0.25) is 0 Å². The number of rotatable bonds is 6. The molecule has 0 radical (unpaired) electrons. The van der Waals surface area contributed by atoms with E-state index < -0.39 is 0 Å². The van der Waals surface area contributed by atoms with E-state index in [4.69, 9.17) is 0 Å². The lowest BCUT2D eigenvalue weighted by Gasteiger charge is -2.17. The van der Waals surface area contributed by atoms with Gasteiger partial charge in [-0.1, -0.05) is 13.8 Å². The Morgan fingerprint density at radius 1 is 1.40 bits per heavy atom. The highest BCUT2D eigenvalue weighted by molar-refractivity contribution is 5.12. The summed E-state index contributed by atoms with van der Waals surface area (Å²) >= 11 is 0. The summed E-state index contributed by atoms with van der Waals surface area (Å²) in [6.45, 7) is 10.4. The first-order chi connectivity index (χ1) is 7.17. The van der Waals surface area contributed by atoms with E-state index in [9.17, 15) is 5.11 Å². The van der Waals surface area contributed by atoms with Crippen molar-refractivity contribution in [3.05, 3.63) is 24.0 Å². The molecule has 0 fully saturated rings. The maximum Gasteiger partial charge on any atom is 0.0776 e. The van der Waals surface area contributed by atoms with Crippen molar-refractivity contribution < 1.29 is 5.11 Å². The largest absolute Gasteiger partial charge is 0.389 e. The van der Waals surface area contributed by atoms with Gasteiger partial charge in [0.15, 0.2) is 0 Å². The van der Waals surface area contributed by atoms with E-state index in [0.717, 1.165) is 31.7 Å². The molecule has 1 atom stereocenters. The van der Waals surface area contributed by atoms with Gasteiger partial charge in [0.2, 0.25) is 0 Å². The summed E-state index contributed by atoms with van der Waals surface area (Å²) in [6, 6.07) is 1.98. The number of likely N-dealkylation sites (N-methyl/N-ethyl adjacent to an activating group) is 1. The average Bonchev–Trinajstić information content (AvgIpc) is 2.68. The summed E-state index contributed by atoms with van der Waals surface area (Å²) < 4.78 is 2.14. The van der Waals surface area contributed by atoms with Crippen molar-refractivity contribution >= 4 is 0 Å². The summed E-state index contributed by atoms with van der Waals surface area (Å²) in [7, 11) is 0. The van der Waals surface area contributed by atoms with Crippen molar-refractivity contribution in [3.63, 3.8) is 0 Å². The highest BCUT2D eigenvalue weighted by Gasteiger charge is 2.03. The predicted molar refractivity (Wildman–Crippen MR) is 62.9 cm³/mol. The SMILES string of the molecule is CCN(CC)CCn1ccc(C(C)O)c1. The normalized spacial score (nSPS) is 13.4. The highest BCUT2D eigenvalue weighted by Crippen LogP contribution is 2.11. The van der Waals surface area contributed by atoms with Crippen LogP contribution >= 0.6 is 0 Å². The molecule has 3 heteroatoms. The fourth-order valence-corrected chi connectivity index (χ4v) is 1.64. The maximum atomic E-state index is 9.38. The van der Waals surface area contributed by atoms with Gasteiger partial charge in [0.1, 0.15) is 0 Å². The molecule has 0 saturated heterocycles. The molecule has 1 rings (SSSR count). The Balaban J connectivity index is 2.43. The Morgan fingerprint density at radius 2 is 2.07 bits per heavy atom. The van der Waals surface area contributed by atoms with E-state index in [1.165, 1.54) is 0 Å². The van der Waals surface area contributed by atoms with E-state index >= 15 is 0 Å². The van der Waals surface area contributed by atoms with Gasteiger partial charge in [-0.05, 0) is 31.6 Å². The van der Waals surface area contributed by atoms with Crippen LogP contribution in [0.15, 0.2) is 18.5 Å². The molecule has 0 spiro atoms. The quantitative estimate of drug-likeness (QED) is 0.776. The van der Waals surface area contributed by atoms with Crippen LogP contribution in [-0.4, -0.2) is 34.2 Å². The van der Waals surface area contributed by atoms with E-state index in [0.29, 0.717) is 0 Å². The van der Waals surface area contributed by atoms with Crippen molar-refractivity contribution in [3.8, 4) is 0 Å². The molecular formula is C12H22N2O. The number of hydrogen-bond acceptors (Lipinski definition) is 2. The van der Waals surface area contributed by atoms with E-state index in [1.54, 1.807) is 6.92 Å². The Morgan fingerprint density at radius 3 is 2.53 bits per heavy atom. The zero-order valence-corrected chi connectivity index (χ0v) is 9.98. The first kappa shape index (κ1) is 12.3. The number of nitrogens with zero attached hydrogens (tertiary/aromatic N) is 2. The minimum atomic E-state index is -0.361. The first-order valence-corrected chi connectivity index (χ1v) is 5.73. The smallest absolute Gasteiger partial charge is 0.0776 e. The Labute approximate surface area is 92.3 Å². The van der Waals surface area contributed by atoms with Crippen molar-refractivity contribution in [2.45, 2.75) is 33.4 Å². The molecule has 0 saturated carbocycles. The standard InChI is InChI=1S/C12H22N2O/c1-4-13(5-2)8-9-14-7-6-12(10-14)11(3)15/h6-7,10-11,15H,4-5,8-9H2,1-3H3. The molecule has 1 aromatic rings. The van der Waals surface area contributed by atoms with Gasteiger partial charge in [0, 0.05) is 25.5 Å². The molecule has 1 aromatic heterocycles. The Kier molecular flexibility index (Phi) is 4.85. The van der Waals surface area contributed by atoms with E-state index in [-0.39, 0.29) is 6.10 Å². The molecule has 1 N–H and O–H groups in total. The van der Waals surface area contributed by atoms with Crippen molar-refractivity contribution in [2.75, 3.05) is 19.6 Å². The second-order valence-electron chi connectivity index (χ2n) is 3.89. The number of aliphatic hydroxyl groups excluding tert-OH is 1. The highest BCUT2D eigenvalue weighted by atomic mass is 16.3. The molecular weight excluding hydrogens is 188 g/mol. The molecule has 86 valence electrons. The van der Waals surface area contributed by atoms with Crippen LogP contribution in [0.4, 0.5) is 0 Å². The Hall–Kier alpha value is -0.800. The summed E-state index contributed by atoms with van der Waals surface area (Å²) in [5.74, 6) is 0. The molecule has 0 amide bonds. The van der Waals surface area contributed by atoms with Crippen LogP contribution in [0.25, 0.3) is 0 Å². The third kappa shape index (κ3) is 3.68. The van der Waals surface area contributed by atoms with Crippen molar-refractivity contribution in [1.29, 1.82) is 0 Å². The van der Waals surface area contributed by atoms with Crippen molar-refractivity contribution in [2.24, 2.45) is 0 Å². The van der Waals surface area contributed by atoms with E-state index in [2.05, 4.69) is 23.3 Å². The number of hydrogen-bond donors (Lipinski definition) is 1. The predicted octanol–water partition coefficient (Wildman–Crippen LogP) is 1.88. The van der Waals surface area contributed by atoms with Gasteiger partial charge in [-0.3, -0.25) is 0 Å². The van der Waals surface area contributed by atoms with Crippen LogP contribution in [0.3, 0.4) is 0 Å². The van der Waals surface area contributed by atoms with Crippen LogP contribution in [0, 0.1) is 0 Å². The summed E-state index contributed by atoms with van der Waals surface area (Å²) in [4.78, 5) is 2.39. The topological polar surface area (TPSA) is 28.4 Å². The molecule has 15 heavy (non-hydrogen) atoms. The maximum absolute atomic E-state index is 9.38. The summed E-state index contributed by atoms with van der Waals surface area (Å²) in [6.07, 6.45) is 3.69. The number of aromatic nitrogens is 1. The average molecular weight is 210 g/mol. The van der Waals surface area contributed by atoms with Gasteiger partial charge < -0.3 is 14.6 Å². The zero-order chi connectivity index (χ0) is 11.3. The number of aliphatic hydroxyl groups is 1. The van der Waals surface area contributed by atoms with E-state index in [1.807, 2.05) is 18.5 Å². The van der Waals surface area contributed by atoms with Gasteiger partial charge in [-0.15, -0.1) is 0 Å². The monoisotopic (exact) mass is 210 g/mol. The summed E-state index contributed by atoms with van der Waals surface area (Å²) in [5.41, 5.74) is 0.995. The summed E-state index contributed by atoms with van der Waals surface area (Å²) in [5, 5.41) is 9.38. The lowest BCUT2D eigenvalue weighted by atomic mass is 10.2. The minimum Gasteiger partial charge on any atom is -0.389 e. The fraction of sp³-hybridized carbons (Fsp3) is 0.667. The third-order valence-electron chi connectivity index (χ3n) is 2.82. The van der Waals surface area contributed by atoms with Gasteiger partial charge in [0.05, 0.1) is 6.10 Å². The van der Waals surface area contributed by atoms with Crippen LogP contribution in [-0.2, 0) is 6.54 Å². The minimum absolute atomic E-state index is 0.361. The molecule has 0 aliphatic carbocycles. The third-order valence-corrected chi connectivity index (χ3v) is 2.82. The van der Waals surface area contributed by atoms with Crippen LogP contribution in [0.5, 0.6) is 0 Å². The fourth-order valence-electron chi connectivity index (χ4n) is 1.64. The van der Waals surface area contributed by atoms with Gasteiger partial charge in [0.25, 0.3) is 0 Å². The molecule has 1 unspecified atom stereocenters. The lowest BCUT2D eigenvalue weighted by Crippen LogP contribution is -2.26. The lowest BCUT2D eigenvalue weighted by molar-refractivity contribution is 0.199. The van der Waals surface area contributed by atoms with Gasteiger partial charge >= 0.3 is 0 Å². The van der Waals surface area contributed by atoms with Crippen molar-refractivity contribution in [1.82, 2.24) is 9.47 Å². The second kappa shape index (κ2) is 5.93. The molecule has 0 aliphatic rings. The Bertz CT molecular complexity index is 277. The molecule has 0 bridgehead atoms. The van der Waals surface area contributed by atoms with Crippen LogP contribution in [0.1, 0.15) is 32.4 Å². The molecule has 1 heterocycles. The van der Waals surface area contributed by atoms with Gasteiger partial charge in [-0.2, -0.15) is 0 Å². The molecule has 3 nitrogen and oxygen atoms in total. The second-order valence-corrected chi connectivity index (χ2v) is 3.89. The van der Waals surface area contributed by atoms with Crippen LogP contribution < -0.4 is 0 Å².